The molecule has 0 radical (unpaired) electrons. The van der Waals surface area contributed by atoms with E-state index in [9.17, 15) is 4.39 Å². The van der Waals surface area contributed by atoms with E-state index in [1.54, 1.807) is 0 Å². The highest BCUT2D eigenvalue weighted by atomic mass is 19.1. The summed E-state index contributed by atoms with van der Waals surface area (Å²) in [5, 5.41) is 4.85. The third-order valence-electron chi connectivity index (χ3n) is 3.56. The van der Waals surface area contributed by atoms with E-state index in [4.69, 9.17) is 0 Å². The number of nitrogens with one attached hydrogen (secondary N) is 1. The van der Waals surface area contributed by atoms with E-state index in [-0.39, 0.29) is 5.82 Å². The van der Waals surface area contributed by atoms with Gasteiger partial charge in [0.1, 0.15) is 5.82 Å². The molecule has 3 heteroatoms. The average Bonchev–Trinajstić information content (AvgIpc) is 2.54. The normalized spacial score (nSPS) is 11.0. The van der Waals surface area contributed by atoms with Crippen molar-refractivity contribution in [3.8, 4) is 11.1 Å². The van der Waals surface area contributed by atoms with Gasteiger partial charge in [-0.05, 0) is 35.2 Å². The lowest BCUT2D eigenvalue weighted by molar-refractivity contribution is 0.640. The minimum atomic E-state index is -0.189. The molecule has 1 heterocycles. The lowest BCUT2D eigenvalue weighted by Crippen LogP contribution is -2.11. The predicted octanol–water partition coefficient (Wildman–Crippen LogP) is 4.15. The van der Waals surface area contributed by atoms with Crippen molar-refractivity contribution < 1.29 is 4.39 Å². The molecule has 0 aliphatic carbocycles. The first kappa shape index (κ1) is 13.7. The third kappa shape index (κ3) is 2.78. The summed E-state index contributed by atoms with van der Waals surface area (Å²) < 4.78 is 13.9. The summed E-state index contributed by atoms with van der Waals surface area (Å²) in [4.78, 5) is 4.31. The van der Waals surface area contributed by atoms with E-state index >= 15 is 0 Å². The molecule has 1 aromatic heterocycles. The lowest BCUT2D eigenvalue weighted by atomic mass is 9.98. The van der Waals surface area contributed by atoms with Crippen LogP contribution in [-0.4, -0.2) is 11.5 Å². The molecular formula is C18H17FN2. The first-order chi connectivity index (χ1) is 10.3. The summed E-state index contributed by atoms with van der Waals surface area (Å²) >= 11 is 0. The van der Waals surface area contributed by atoms with Crippen LogP contribution in [0.15, 0.2) is 54.9 Å². The molecule has 0 unspecified atom stereocenters. The summed E-state index contributed by atoms with van der Waals surface area (Å²) in [6.45, 7) is 3.78. The molecule has 0 spiro atoms. The van der Waals surface area contributed by atoms with Gasteiger partial charge in [0.05, 0.1) is 0 Å². The fourth-order valence-corrected chi connectivity index (χ4v) is 2.51. The average molecular weight is 280 g/mol. The summed E-state index contributed by atoms with van der Waals surface area (Å²) in [5.74, 6) is -0.189. The Kier molecular flexibility index (Phi) is 3.93. The van der Waals surface area contributed by atoms with Gasteiger partial charge < -0.3 is 5.32 Å². The monoisotopic (exact) mass is 280 g/mol. The van der Waals surface area contributed by atoms with E-state index in [2.05, 4.69) is 23.3 Å². The Morgan fingerprint density at radius 2 is 1.86 bits per heavy atom. The van der Waals surface area contributed by atoms with Gasteiger partial charge in [-0.1, -0.05) is 37.3 Å². The minimum Gasteiger partial charge on any atom is -0.313 e. The molecule has 0 bridgehead atoms. The van der Waals surface area contributed by atoms with Crippen LogP contribution in [0.25, 0.3) is 21.9 Å². The highest BCUT2D eigenvalue weighted by Crippen LogP contribution is 2.30. The highest BCUT2D eigenvalue weighted by Gasteiger charge is 2.08. The van der Waals surface area contributed by atoms with Gasteiger partial charge in [-0.3, -0.25) is 4.98 Å². The lowest BCUT2D eigenvalue weighted by Gasteiger charge is -2.09. The molecule has 0 saturated heterocycles. The quantitative estimate of drug-likeness (QED) is 0.776. The molecule has 2 nitrogen and oxygen atoms in total. The molecule has 3 rings (SSSR count). The standard InChI is InChI=1S/C18H17FN2/c1-2-20-10-13-9-14(12-21-11-13)15-7-8-18(19)17-6-4-3-5-16(15)17/h3-9,11-12,20H,2,10H2,1H3. The largest absolute Gasteiger partial charge is 0.313 e. The first-order valence-corrected chi connectivity index (χ1v) is 7.12. The molecule has 0 saturated carbocycles. The van der Waals surface area contributed by atoms with Gasteiger partial charge in [0, 0.05) is 29.9 Å². The number of halogens is 1. The summed E-state index contributed by atoms with van der Waals surface area (Å²) in [7, 11) is 0. The molecule has 106 valence electrons. The number of fused-ring (bicyclic) bond motifs is 1. The van der Waals surface area contributed by atoms with Crippen molar-refractivity contribution in [2.45, 2.75) is 13.5 Å². The van der Waals surface area contributed by atoms with Gasteiger partial charge >= 0.3 is 0 Å². The molecule has 0 aliphatic heterocycles. The van der Waals surface area contributed by atoms with E-state index in [0.29, 0.717) is 5.39 Å². The molecule has 3 aromatic rings. The first-order valence-electron chi connectivity index (χ1n) is 7.12. The van der Waals surface area contributed by atoms with Crippen molar-refractivity contribution in [1.82, 2.24) is 10.3 Å². The summed E-state index contributed by atoms with van der Waals surface area (Å²) in [5.41, 5.74) is 3.15. The van der Waals surface area contributed by atoms with Gasteiger partial charge in [-0.15, -0.1) is 0 Å². The molecular weight excluding hydrogens is 263 g/mol. The van der Waals surface area contributed by atoms with E-state index in [1.165, 1.54) is 6.07 Å². The van der Waals surface area contributed by atoms with E-state index in [1.807, 2.05) is 42.7 Å². The van der Waals surface area contributed by atoms with Crippen LogP contribution in [0.4, 0.5) is 4.39 Å². The maximum absolute atomic E-state index is 13.9. The van der Waals surface area contributed by atoms with Gasteiger partial charge in [-0.2, -0.15) is 0 Å². The van der Waals surface area contributed by atoms with Crippen LogP contribution in [0.2, 0.25) is 0 Å². The van der Waals surface area contributed by atoms with Gasteiger partial charge in [0.15, 0.2) is 0 Å². The van der Waals surface area contributed by atoms with Crippen LogP contribution < -0.4 is 5.32 Å². The topological polar surface area (TPSA) is 24.9 Å². The highest BCUT2D eigenvalue weighted by molar-refractivity contribution is 5.96. The Hall–Kier alpha value is -2.26. The molecule has 0 aliphatic rings. The zero-order valence-corrected chi connectivity index (χ0v) is 11.9. The second-order valence-electron chi connectivity index (χ2n) is 5.00. The maximum atomic E-state index is 13.9. The van der Waals surface area contributed by atoms with Crippen LogP contribution in [-0.2, 0) is 6.54 Å². The van der Waals surface area contributed by atoms with Crippen LogP contribution in [0.3, 0.4) is 0 Å². The smallest absolute Gasteiger partial charge is 0.131 e. The second kappa shape index (κ2) is 6.02. The molecule has 21 heavy (non-hydrogen) atoms. The van der Waals surface area contributed by atoms with Gasteiger partial charge in [0.2, 0.25) is 0 Å². The Labute approximate surface area is 123 Å². The zero-order valence-electron chi connectivity index (χ0n) is 11.9. The maximum Gasteiger partial charge on any atom is 0.131 e. The van der Waals surface area contributed by atoms with Crippen molar-refractivity contribution in [2.75, 3.05) is 6.54 Å². The van der Waals surface area contributed by atoms with Crippen LogP contribution in [0.5, 0.6) is 0 Å². The molecule has 0 fully saturated rings. The number of nitrogens with zero attached hydrogens (tertiary/aromatic N) is 1. The van der Waals surface area contributed by atoms with Crippen LogP contribution in [0.1, 0.15) is 12.5 Å². The Morgan fingerprint density at radius 3 is 2.67 bits per heavy atom. The molecule has 1 N–H and O–H groups in total. The van der Waals surface area contributed by atoms with Crippen LogP contribution in [0, 0.1) is 5.82 Å². The van der Waals surface area contributed by atoms with Crippen molar-refractivity contribution in [2.24, 2.45) is 0 Å². The predicted molar refractivity (Wildman–Crippen MR) is 84.5 cm³/mol. The van der Waals surface area contributed by atoms with Gasteiger partial charge in [-0.25, -0.2) is 4.39 Å². The van der Waals surface area contributed by atoms with Crippen LogP contribution >= 0.6 is 0 Å². The van der Waals surface area contributed by atoms with Crippen molar-refractivity contribution in [3.63, 3.8) is 0 Å². The number of rotatable bonds is 4. The van der Waals surface area contributed by atoms with Crippen molar-refractivity contribution in [3.05, 3.63) is 66.2 Å². The SMILES string of the molecule is CCNCc1cncc(-c2ccc(F)c3ccccc23)c1. The van der Waals surface area contributed by atoms with Crippen molar-refractivity contribution in [1.29, 1.82) is 0 Å². The van der Waals surface area contributed by atoms with Crippen molar-refractivity contribution >= 4 is 10.8 Å². The Bertz CT molecular complexity index is 768. The minimum absolute atomic E-state index is 0.189. The third-order valence-corrected chi connectivity index (χ3v) is 3.56. The summed E-state index contributed by atoms with van der Waals surface area (Å²) in [6.07, 6.45) is 3.69. The second-order valence-corrected chi connectivity index (χ2v) is 5.00. The fraction of sp³-hybridized carbons (Fsp3) is 0.167. The number of benzene rings is 2. The molecule has 0 amide bonds. The number of hydrogen-bond acceptors (Lipinski definition) is 2. The number of pyridine rings is 1. The number of aromatic nitrogens is 1. The summed E-state index contributed by atoms with van der Waals surface area (Å²) in [6, 6.07) is 13.0. The van der Waals surface area contributed by atoms with E-state index in [0.717, 1.165) is 35.2 Å². The molecule has 2 aromatic carbocycles. The van der Waals surface area contributed by atoms with Gasteiger partial charge in [0.25, 0.3) is 0 Å². The Balaban J connectivity index is 2.10. The number of hydrogen-bond donors (Lipinski definition) is 1. The fourth-order valence-electron chi connectivity index (χ4n) is 2.51. The molecule has 0 atom stereocenters. The Morgan fingerprint density at radius 1 is 1.05 bits per heavy atom. The van der Waals surface area contributed by atoms with E-state index < -0.39 is 0 Å². The zero-order chi connectivity index (χ0) is 14.7.